The number of alkyl halides is 2. The molecular weight excluding hydrogens is 574 g/mol. The first-order valence-corrected chi connectivity index (χ1v) is 13.9. The maximum atomic E-state index is 15.8. The van der Waals surface area contributed by atoms with E-state index in [0.717, 1.165) is 12.1 Å². The van der Waals surface area contributed by atoms with Gasteiger partial charge in [-0.3, -0.25) is 19.2 Å². The molecule has 3 rings (SSSR count). The number of alkyl carbamates (subject to hydrolysis) is 1. The van der Waals surface area contributed by atoms with E-state index in [1.807, 2.05) is 6.92 Å². The molecule has 1 aliphatic rings. The largest absolute Gasteiger partial charge is 0.434 e. The van der Waals surface area contributed by atoms with Crippen LogP contribution >= 0.6 is 11.6 Å². The number of halogens is 3. The average molecular weight is 607 g/mol. The summed E-state index contributed by atoms with van der Waals surface area (Å²) in [6.07, 6.45) is -2.05. The van der Waals surface area contributed by atoms with Gasteiger partial charge in [-0.05, 0) is 37.0 Å². The Morgan fingerprint density at radius 3 is 2.40 bits per heavy atom. The van der Waals surface area contributed by atoms with Gasteiger partial charge in [0.1, 0.15) is 6.04 Å². The van der Waals surface area contributed by atoms with Crippen LogP contribution in [-0.4, -0.2) is 48.2 Å². The van der Waals surface area contributed by atoms with Crippen molar-refractivity contribution < 1.29 is 37.5 Å². The van der Waals surface area contributed by atoms with E-state index in [0.29, 0.717) is 25.8 Å². The van der Waals surface area contributed by atoms with E-state index in [4.69, 9.17) is 22.1 Å². The standard InChI is InChI=1S/C29H33ClF2N4O6/c1-2-3-12-21(27(40)35-22(23(37)25(33)38)15-18-13-14-34-26(18)39)36-28(41)42-24(17-8-5-4-6-9-17)29(31,32)19-10-7-11-20(30)16-19/h4-11,16,18,21-22,24H,2-3,12-15H2,1H3,(H2,33,38)(H,34,39)(H,35,40)(H,36,41)/t18-,21-,22-,24+/m0/s1. The van der Waals surface area contributed by atoms with E-state index in [-0.39, 0.29) is 29.3 Å². The normalized spacial score (nSPS) is 17.0. The second-order valence-electron chi connectivity index (χ2n) is 9.97. The molecule has 2 aromatic rings. The highest BCUT2D eigenvalue weighted by atomic mass is 35.5. The fourth-order valence-corrected chi connectivity index (χ4v) is 4.81. The second-order valence-corrected chi connectivity index (χ2v) is 10.4. The molecule has 10 nitrogen and oxygen atoms in total. The van der Waals surface area contributed by atoms with Crippen molar-refractivity contribution in [2.45, 2.75) is 63.1 Å². The van der Waals surface area contributed by atoms with Crippen molar-refractivity contribution in [3.8, 4) is 0 Å². The summed E-state index contributed by atoms with van der Waals surface area (Å²) in [5.41, 5.74) is 4.67. The molecule has 1 aliphatic heterocycles. The van der Waals surface area contributed by atoms with Gasteiger partial charge in [0.15, 0.2) is 6.10 Å². The molecule has 0 aliphatic carbocycles. The number of carbonyl (C=O) groups excluding carboxylic acids is 5. The molecule has 0 radical (unpaired) electrons. The number of Topliss-reactive ketones (excluding diaryl/α,β-unsaturated/α-hetero) is 1. The van der Waals surface area contributed by atoms with Crippen LogP contribution in [0.15, 0.2) is 54.6 Å². The monoisotopic (exact) mass is 606 g/mol. The number of nitrogens with two attached hydrogens (primary N) is 1. The molecule has 13 heteroatoms. The van der Waals surface area contributed by atoms with Crippen molar-refractivity contribution in [3.05, 3.63) is 70.7 Å². The third-order valence-corrected chi connectivity index (χ3v) is 7.11. The Bertz CT molecular complexity index is 1300. The van der Waals surface area contributed by atoms with Crippen molar-refractivity contribution in [1.29, 1.82) is 0 Å². The van der Waals surface area contributed by atoms with Gasteiger partial charge < -0.3 is 26.4 Å². The van der Waals surface area contributed by atoms with Gasteiger partial charge in [0.05, 0.1) is 6.04 Å². The number of primary amides is 1. The van der Waals surface area contributed by atoms with Gasteiger partial charge in [0, 0.05) is 23.0 Å². The van der Waals surface area contributed by atoms with Gasteiger partial charge >= 0.3 is 12.0 Å². The summed E-state index contributed by atoms with van der Waals surface area (Å²) in [5, 5.41) is 7.40. The molecule has 5 N–H and O–H groups in total. The van der Waals surface area contributed by atoms with Crippen LogP contribution in [0.4, 0.5) is 13.6 Å². The van der Waals surface area contributed by atoms with E-state index in [9.17, 15) is 24.0 Å². The van der Waals surface area contributed by atoms with E-state index < -0.39 is 59.3 Å². The van der Waals surface area contributed by atoms with Crippen LogP contribution in [0.1, 0.15) is 56.3 Å². The topological polar surface area (TPSA) is 157 Å². The molecule has 2 aromatic carbocycles. The zero-order valence-corrected chi connectivity index (χ0v) is 23.7. The number of hydrogen-bond acceptors (Lipinski definition) is 6. The minimum atomic E-state index is -3.72. The molecule has 0 unspecified atom stereocenters. The van der Waals surface area contributed by atoms with Crippen LogP contribution in [-0.2, 0) is 29.8 Å². The van der Waals surface area contributed by atoms with Gasteiger partial charge in [0.2, 0.25) is 17.6 Å². The Balaban J connectivity index is 1.82. The van der Waals surface area contributed by atoms with Crippen LogP contribution in [0.2, 0.25) is 5.02 Å². The summed E-state index contributed by atoms with van der Waals surface area (Å²) in [6.45, 7) is 2.21. The van der Waals surface area contributed by atoms with Crippen molar-refractivity contribution in [1.82, 2.24) is 16.0 Å². The van der Waals surface area contributed by atoms with Gasteiger partial charge in [-0.2, -0.15) is 8.78 Å². The molecule has 1 fully saturated rings. The Morgan fingerprint density at radius 1 is 1.10 bits per heavy atom. The molecule has 4 amide bonds. The van der Waals surface area contributed by atoms with Gasteiger partial charge in [0.25, 0.3) is 5.91 Å². The highest BCUT2D eigenvalue weighted by molar-refractivity contribution is 6.38. The van der Waals surface area contributed by atoms with Crippen molar-refractivity contribution in [2.75, 3.05) is 6.54 Å². The van der Waals surface area contributed by atoms with Crippen LogP contribution in [0, 0.1) is 5.92 Å². The number of nitrogens with one attached hydrogen (secondary N) is 3. The molecule has 1 saturated heterocycles. The highest BCUT2D eigenvalue weighted by Gasteiger charge is 2.46. The van der Waals surface area contributed by atoms with Crippen LogP contribution < -0.4 is 21.7 Å². The maximum Gasteiger partial charge on any atom is 0.408 e. The minimum Gasteiger partial charge on any atom is -0.434 e. The summed E-state index contributed by atoms with van der Waals surface area (Å²) < 4.78 is 36.8. The van der Waals surface area contributed by atoms with Crippen molar-refractivity contribution in [3.63, 3.8) is 0 Å². The van der Waals surface area contributed by atoms with E-state index in [2.05, 4.69) is 16.0 Å². The summed E-state index contributed by atoms with van der Waals surface area (Å²) in [7, 11) is 0. The predicted octanol–water partition coefficient (Wildman–Crippen LogP) is 3.52. The molecule has 42 heavy (non-hydrogen) atoms. The fraction of sp³-hybridized carbons (Fsp3) is 0.414. The number of carbonyl (C=O) groups is 5. The van der Waals surface area contributed by atoms with E-state index in [1.165, 1.54) is 36.4 Å². The summed E-state index contributed by atoms with van der Waals surface area (Å²) in [5.74, 6) is -7.95. The summed E-state index contributed by atoms with van der Waals surface area (Å²) in [6, 6.07) is 9.64. The number of unbranched alkanes of at least 4 members (excludes halogenated alkanes) is 1. The van der Waals surface area contributed by atoms with Gasteiger partial charge in [-0.25, -0.2) is 4.79 Å². The lowest BCUT2D eigenvalue weighted by molar-refractivity contribution is -0.139. The van der Waals surface area contributed by atoms with Crippen LogP contribution in [0.3, 0.4) is 0 Å². The lowest BCUT2D eigenvalue weighted by atomic mass is 9.95. The summed E-state index contributed by atoms with van der Waals surface area (Å²) >= 11 is 5.93. The first-order valence-electron chi connectivity index (χ1n) is 13.5. The first kappa shape index (κ1) is 32.5. The molecule has 0 bridgehead atoms. The fourth-order valence-electron chi connectivity index (χ4n) is 4.62. The Kier molecular flexibility index (Phi) is 11.4. The maximum absolute atomic E-state index is 15.8. The second kappa shape index (κ2) is 14.7. The first-order chi connectivity index (χ1) is 19.9. The molecule has 4 atom stereocenters. The zero-order valence-electron chi connectivity index (χ0n) is 22.9. The van der Waals surface area contributed by atoms with Gasteiger partial charge in [-0.15, -0.1) is 0 Å². The molecular formula is C29H33ClF2N4O6. The van der Waals surface area contributed by atoms with Crippen LogP contribution in [0.25, 0.3) is 0 Å². The Labute approximate surface area is 246 Å². The zero-order chi connectivity index (χ0) is 30.9. The number of hydrogen-bond donors (Lipinski definition) is 4. The molecule has 0 saturated carbocycles. The smallest absolute Gasteiger partial charge is 0.408 e. The van der Waals surface area contributed by atoms with Crippen LogP contribution in [0.5, 0.6) is 0 Å². The van der Waals surface area contributed by atoms with E-state index in [1.54, 1.807) is 6.07 Å². The lowest BCUT2D eigenvalue weighted by Gasteiger charge is -2.29. The average Bonchev–Trinajstić information content (AvgIpc) is 3.37. The van der Waals surface area contributed by atoms with E-state index >= 15 is 8.78 Å². The number of benzene rings is 2. The minimum absolute atomic E-state index is 0.00542. The molecule has 0 aromatic heterocycles. The quantitative estimate of drug-likeness (QED) is 0.241. The highest BCUT2D eigenvalue weighted by Crippen LogP contribution is 2.43. The molecule has 1 heterocycles. The third kappa shape index (κ3) is 8.48. The predicted molar refractivity (Wildman–Crippen MR) is 149 cm³/mol. The summed E-state index contributed by atoms with van der Waals surface area (Å²) in [4.78, 5) is 62.4. The lowest BCUT2D eigenvalue weighted by Crippen LogP contribution is -2.54. The third-order valence-electron chi connectivity index (χ3n) is 6.88. The SMILES string of the molecule is CCCC[C@H](NC(=O)O[C@H](c1ccccc1)C(F)(F)c1cccc(Cl)c1)C(=O)N[C@@H](C[C@@H]1CCNC1=O)C(=O)C(N)=O. The Hall–Kier alpha value is -4.06. The molecule has 0 spiro atoms. The number of ketones is 1. The number of amides is 4. The Morgan fingerprint density at radius 2 is 1.81 bits per heavy atom. The van der Waals surface area contributed by atoms with Crippen molar-refractivity contribution in [2.24, 2.45) is 11.7 Å². The number of ether oxygens (including phenoxy) is 1. The van der Waals surface area contributed by atoms with Crippen molar-refractivity contribution >= 4 is 41.2 Å². The number of rotatable bonds is 14. The molecule has 226 valence electrons. The van der Waals surface area contributed by atoms with Gasteiger partial charge in [-0.1, -0.05) is 73.8 Å².